The van der Waals surface area contributed by atoms with Crippen LogP contribution in [0, 0.1) is 5.92 Å². The van der Waals surface area contributed by atoms with Crippen molar-refractivity contribution in [1.82, 2.24) is 5.32 Å². The Balaban J connectivity index is 2.00. The fraction of sp³-hybridized carbons (Fsp3) is 0.647. The van der Waals surface area contributed by atoms with Crippen molar-refractivity contribution in [3.8, 4) is 0 Å². The number of hydrogen-bond donors (Lipinski definition) is 2. The van der Waals surface area contributed by atoms with E-state index in [1.807, 2.05) is 6.07 Å². The van der Waals surface area contributed by atoms with Crippen LogP contribution in [0.1, 0.15) is 49.3 Å². The molecule has 3 rings (SSSR count). The molecular formula is C17H23F3N2. The molecule has 22 heavy (non-hydrogen) atoms. The average Bonchev–Trinajstić information content (AvgIpc) is 2.81. The first-order valence-electron chi connectivity index (χ1n) is 8.07. The lowest BCUT2D eigenvalue weighted by Gasteiger charge is -2.26. The Morgan fingerprint density at radius 3 is 2.73 bits per heavy atom. The molecule has 2 aliphatic rings. The minimum atomic E-state index is -4.30. The molecule has 0 spiro atoms. The normalized spacial score (nSPS) is 24.1. The van der Waals surface area contributed by atoms with Crippen molar-refractivity contribution in [3.05, 3.63) is 28.8 Å². The van der Waals surface area contributed by atoms with Crippen molar-refractivity contribution < 1.29 is 13.2 Å². The summed E-state index contributed by atoms with van der Waals surface area (Å²) >= 11 is 0. The molecular weight excluding hydrogens is 289 g/mol. The predicted octanol–water partition coefficient (Wildman–Crippen LogP) is 4.17. The van der Waals surface area contributed by atoms with Crippen LogP contribution < -0.4 is 10.6 Å². The van der Waals surface area contributed by atoms with Crippen LogP contribution in [-0.2, 0) is 12.6 Å². The Kier molecular flexibility index (Phi) is 4.10. The number of alkyl halides is 3. The van der Waals surface area contributed by atoms with Crippen molar-refractivity contribution in [2.24, 2.45) is 5.92 Å². The second-order valence-corrected chi connectivity index (χ2v) is 6.89. The molecule has 2 nitrogen and oxygen atoms in total. The number of anilines is 1. The molecule has 1 aromatic rings. The van der Waals surface area contributed by atoms with Crippen LogP contribution in [0.25, 0.3) is 0 Å². The van der Waals surface area contributed by atoms with Gasteiger partial charge in [-0.3, -0.25) is 0 Å². The molecule has 0 radical (unpaired) electrons. The third-order valence-corrected chi connectivity index (χ3v) is 4.76. The van der Waals surface area contributed by atoms with Crippen LogP contribution in [-0.4, -0.2) is 19.1 Å². The first-order valence-corrected chi connectivity index (χ1v) is 8.07. The van der Waals surface area contributed by atoms with Crippen LogP contribution >= 0.6 is 0 Å². The van der Waals surface area contributed by atoms with E-state index in [9.17, 15) is 13.2 Å². The van der Waals surface area contributed by atoms with E-state index in [1.165, 1.54) is 6.07 Å². The Labute approximate surface area is 129 Å². The Hall–Kier alpha value is -1.23. The predicted molar refractivity (Wildman–Crippen MR) is 82.2 cm³/mol. The van der Waals surface area contributed by atoms with Gasteiger partial charge in [0.25, 0.3) is 0 Å². The first kappa shape index (κ1) is 15.7. The quantitative estimate of drug-likeness (QED) is 0.875. The molecule has 0 amide bonds. The monoisotopic (exact) mass is 312 g/mol. The number of halogens is 3. The Morgan fingerprint density at radius 2 is 2.05 bits per heavy atom. The Bertz CT molecular complexity index is 552. The minimum Gasteiger partial charge on any atom is -0.381 e. The Morgan fingerprint density at radius 1 is 1.27 bits per heavy atom. The second-order valence-electron chi connectivity index (χ2n) is 6.89. The van der Waals surface area contributed by atoms with E-state index in [2.05, 4.69) is 24.5 Å². The molecule has 0 aromatic heterocycles. The van der Waals surface area contributed by atoms with E-state index < -0.39 is 11.7 Å². The average molecular weight is 312 g/mol. The van der Waals surface area contributed by atoms with Crippen LogP contribution in [0.3, 0.4) is 0 Å². The molecule has 122 valence electrons. The van der Waals surface area contributed by atoms with E-state index >= 15 is 0 Å². The highest BCUT2D eigenvalue weighted by atomic mass is 19.4. The van der Waals surface area contributed by atoms with Crippen molar-refractivity contribution in [2.75, 3.05) is 18.4 Å². The SMILES string of the molecule is CC(C)CCc1cc2c(c(C(F)(F)F)c1)NC1CCNCC21. The molecule has 2 atom stereocenters. The highest BCUT2D eigenvalue weighted by Gasteiger charge is 2.42. The van der Waals surface area contributed by atoms with Crippen molar-refractivity contribution in [2.45, 2.75) is 51.2 Å². The van der Waals surface area contributed by atoms with Crippen LogP contribution in [0.15, 0.2) is 12.1 Å². The maximum Gasteiger partial charge on any atom is 0.418 e. The van der Waals surface area contributed by atoms with Gasteiger partial charge in [0.2, 0.25) is 0 Å². The van der Waals surface area contributed by atoms with Gasteiger partial charge >= 0.3 is 6.18 Å². The van der Waals surface area contributed by atoms with E-state index in [0.29, 0.717) is 18.0 Å². The number of piperidine rings is 1. The summed E-state index contributed by atoms with van der Waals surface area (Å²) in [6.45, 7) is 5.82. The van der Waals surface area contributed by atoms with Gasteiger partial charge in [-0.1, -0.05) is 19.9 Å². The molecule has 0 aliphatic carbocycles. The molecule has 2 heterocycles. The summed E-state index contributed by atoms with van der Waals surface area (Å²) in [7, 11) is 0. The van der Waals surface area contributed by atoms with E-state index in [1.54, 1.807) is 0 Å². The van der Waals surface area contributed by atoms with Crippen LogP contribution in [0.5, 0.6) is 0 Å². The summed E-state index contributed by atoms with van der Waals surface area (Å²) in [5.41, 5.74) is 1.50. The summed E-state index contributed by atoms with van der Waals surface area (Å²) in [5.74, 6) is 0.647. The zero-order chi connectivity index (χ0) is 15.9. The molecule has 1 saturated heterocycles. The number of hydrogen-bond acceptors (Lipinski definition) is 2. The molecule has 1 aromatic carbocycles. The minimum absolute atomic E-state index is 0.137. The van der Waals surface area contributed by atoms with Crippen LogP contribution in [0.4, 0.5) is 18.9 Å². The fourth-order valence-electron chi connectivity index (χ4n) is 3.55. The largest absolute Gasteiger partial charge is 0.418 e. The first-order chi connectivity index (χ1) is 10.4. The highest BCUT2D eigenvalue weighted by Crippen LogP contribution is 2.46. The van der Waals surface area contributed by atoms with Gasteiger partial charge in [0, 0.05) is 18.5 Å². The number of fused-ring (bicyclic) bond motifs is 3. The van der Waals surface area contributed by atoms with Crippen LogP contribution in [0.2, 0.25) is 0 Å². The van der Waals surface area contributed by atoms with E-state index in [0.717, 1.165) is 37.1 Å². The number of aryl methyl sites for hydroxylation is 1. The van der Waals surface area contributed by atoms with Gasteiger partial charge < -0.3 is 10.6 Å². The lowest BCUT2D eigenvalue weighted by molar-refractivity contribution is -0.137. The van der Waals surface area contributed by atoms with Gasteiger partial charge in [0.1, 0.15) is 0 Å². The number of nitrogens with one attached hydrogen (secondary N) is 2. The third kappa shape index (κ3) is 2.96. The maximum atomic E-state index is 13.4. The number of rotatable bonds is 3. The third-order valence-electron chi connectivity index (χ3n) is 4.76. The van der Waals surface area contributed by atoms with Gasteiger partial charge in [-0.15, -0.1) is 0 Å². The molecule has 2 aliphatic heterocycles. The zero-order valence-corrected chi connectivity index (χ0v) is 13.1. The molecule has 2 N–H and O–H groups in total. The summed E-state index contributed by atoms with van der Waals surface area (Å²) in [6, 6.07) is 3.48. The summed E-state index contributed by atoms with van der Waals surface area (Å²) in [4.78, 5) is 0. The van der Waals surface area contributed by atoms with E-state index in [4.69, 9.17) is 0 Å². The summed E-state index contributed by atoms with van der Waals surface area (Å²) in [6.07, 6.45) is -1.81. The topological polar surface area (TPSA) is 24.1 Å². The molecule has 0 saturated carbocycles. The van der Waals surface area contributed by atoms with Gasteiger partial charge in [-0.2, -0.15) is 13.2 Å². The molecule has 1 fully saturated rings. The smallest absolute Gasteiger partial charge is 0.381 e. The fourth-order valence-corrected chi connectivity index (χ4v) is 3.55. The van der Waals surface area contributed by atoms with Gasteiger partial charge in [0.05, 0.1) is 11.3 Å². The molecule has 2 unspecified atom stereocenters. The highest BCUT2D eigenvalue weighted by molar-refractivity contribution is 5.67. The van der Waals surface area contributed by atoms with E-state index in [-0.39, 0.29) is 12.0 Å². The summed E-state index contributed by atoms with van der Waals surface area (Å²) in [5, 5.41) is 6.45. The lowest BCUT2D eigenvalue weighted by Crippen LogP contribution is -2.38. The summed E-state index contributed by atoms with van der Waals surface area (Å²) < 4.78 is 40.3. The lowest BCUT2D eigenvalue weighted by atomic mass is 9.88. The van der Waals surface area contributed by atoms with Crippen molar-refractivity contribution in [1.29, 1.82) is 0 Å². The van der Waals surface area contributed by atoms with Gasteiger partial charge in [0.15, 0.2) is 0 Å². The number of benzene rings is 1. The standard InChI is InChI=1S/C17H23F3N2/c1-10(2)3-4-11-7-12-13-9-21-6-5-15(13)22-16(12)14(8-11)17(18,19)20/h7-8,10,13,15,21-22H,3-6,9H2,1-2H3. The molecule has 5 heteroatoms. The molecule has 0 bridgehead atoms. The van der Waals surface area contributed by atoms with Crippen molar-refractivity contribution >= 4 is 5.69 Å². The van der Waals surface area contributed by atoms with Gasteiger partial charge in [-0.05, 0) is 48.9 Å². The second kappa shape index (κ2) is 5.76. The zero-order valence-electron chi connectivity index (χ0n) is 13.1. The maximum absolute atomic E-state index is 13.4. The van der Waals surface area contributed by atoms with Crippen molar-refractivity contribution in [3.63, 3.8) is 0 Å². The van der Waals surface area contributed by atoms with Gasteiger partial charge in [-0.25, -0.2) is 0 Å².